The molecule has 0 saturated carbocycles. The van der Waals surface area contributed by atoms with E-state index >= 15 is 0 Å². The molecule has 0 aliphatic carbocycles. The zero-order chi connectivity index (χ0) is 22.2. The number of rotatable bonds is 3. The maximum absolute atomic E-state index is 13.3. The van der Waals surface area contributed by atoms with Crippen LogP contribution in [0, 0.1) is 11.7 Å². The predicted octanol–water partition coefficient (Wildman–Crippen LogP) is 5.07. The van der Waals surface area contributed by atoms with E-state index in [2.05, 4.69) is 0 Å². The lowest BCUT2D eigenvalue weighted by Crippen LogP contribution is -2.49. The molecule has 1 amide bonds. The number of carbonyl (C=O) groups is 1. The van der Waals surface area contributed by atoms with E-state index in [0.717, 1.165) is 23.2 Å². The third-order valence-corrected chi connectivity index (χ3v) is 6.58. The first kappa shape index (κ1) is 20.7. The Morgan fingerprint density at radius 2 is 1.69 bits per heavy atom. The summed E-state index contributed by atoms with van der Waals surface area (Å²) >= 11 is 5.98. The summed E-state index contributed by atoms with van der Waals surface area (Å²) in [6.45, 7) is 1.74. The molecular formula is C26H22ClFN2O2. The quantitative estimate of drug-likeness (QED) is 0.561. The number of piperidine rings is 1. The molecule has 2 aromatic carbocycles. The molecule has 162 valence electrons. The van der Waals surface area contributed by atoms with Crippen molar-refractivity contribution in [3.63, 3.8) is 0 Å². The topological polar surface area (TPSA) is 42.3 Å². The van der Waals surface area contributed by atoms with Gasteiger partial charge in [-0.05, 0) is 65.9 Å². The van der Waals surface area contributed by atoms with E-state index in [1.54, 1.807) is 6.07 Å². The molecule has 2 atom stereocenters. The molecule has 2 aliphatic heterocycles. The molecule has 0 spiro atoms. The largest absolute Gasteiger partial charge is 0.338 e. The highest BCUT2D eigenvalue weighted by Crippen LogP contribution is 2.37. The summed E-state index contributed by atoms with van der Waals surface area (Å²) in [6.07, 6.45) is 4.97. The zero-order valence-electron chi connectivity index (χ0n) is 17.4. The average Bonchev–Trinajstić information content (AvgIpc) is 2.80. The molecule has 6 heteroatoms. The number of nitrogens with zero attached hydrogens (tertiary/aromatic N) is 2. The van der Waals surface area contributed by atoms with Crippen molar-refractivity contribution < 1.29 is 9.18 Å². The first-order valence-electron chi connectivity index (χ1n) is 10.7. The summed E-state index contributed by atoms with van der Waals surface area (Å²) < 4.78 is 15.1. The summed E-state index contributed by atoms with van der Waals surface area (Å²) in [5.41, 5.74) is 3.47. The molecule has 3 heterocycles. The molecule has 1 fully saturated rings. The lowest BCUT2D eigenvalue weighted by atomic mass is 9.81. The number of carbonyl (C=O) groups excluding carboxylic acids is 1. The molecule has 32 heavy (non-hydrogen) atoms. The Morgan fingerprint density at radius 1 is 0.938 bits per heavy atom. The van der Waals surface area contributed by atoms with Crippen molar-refractivity contribution in [3.05, 3.63) is 104 Å². The van der Waals surface area contributed by atoms with Crippen LogP contribution in [0.4, 0.5) is 4.39 Å². The highest BCUT2D eigenvalue weighted by Gasteiger charge is 2.37. The Hall–Kier alpha value is -3.18. The molecule has 5 rings (SSSR count). The van der Waals surface area contributed by atoms with Crippen LogP contribution in [0.3, 0.4) is 0 Å². The highest BCUT2D eigenvalue weighted by molar-refractivity contribution is 6.30. The first-order chi connectivity index (χ1) is 15.5. The molecule has 1 aromatic heterocycles. The van der Waals surface area contributed by atoms with Gasteiger partial charge >= 0.3 is 0 Å². The van der Waals surface area contributed by atoms with Gasteiger partial charge in [-0.1, -0.05) is 35.9 Å². The second-order valence-electron chi connectivity index (χ2n) is 8.52. The molecule has 2 aliphatic rings. The van der Waals surface area contributed by atoms with Crippen LogP contribution in [0.15, 0.2) is 65.5 Å². The molecule has 0 N–H and O–H groups in total. The van der Waals surface area contributed by atoms with Crippen LogP contribution in [-0.4, -0.2) is 28.5 Å². The summed E-state index contributed by atoms with van der Waals surface area (Å²) in [5.74, 6) is -0.156. The number of benzene rings is 2. The van der Waals surface area contributed by atoms with Crippen LogP contribution in [0.5, 0.6) is 0 Å². The van der Waals surface area contributed by atoms with E-state index in [1.807, 2.05) is 52.0 Å². The van der Waals surface area contributed by atoms with Crippen molar-refractivity contribution in [2.45, 2.75) is 18.9 Å². The minimum Gasteiger partial charge on any atom is -0.338 e. The summed E-state index contributed by atoms with van der Waals surface area (Å²) in [5, 5.41) is 0.685. The number of hydrogen-bond acceptors (Lipinski definition) is 2. The standard InChI is InChI=1S/C26H22ClFN2O2/c27-22-8-2-17(3-9-22)1-4-19-7-12-24(31)30-15-18-13-21(25(19)30)16-29(14-18)26(32)20-5-10-23(28)11-6-20/h1-12,18,21H,13-16H2/b4-1-/t18-,21+/m0/s1. The monoisotopic (exact) mass is 448 g/mol. The molecule has 3 aromatic rings. The Morgan fingerprint density at radius 3 is 2.44 bits per heavy atom. The fourth-order valence-electron chi connectivity index (χ4n) is 4.89. The summed E-state index contributed by atoms with van der Waals surface area (Å²) in [4.78, 5) is 27.5. The number of pyridine rings is 1. The van der Waals surface area contributed by atoms with Gasteiger partial charge in [-0.3, -0.25) is 9.59 Å². The Bertz CT molecular complexity index is 1250. The van der Waals surface area contributed by atoms with Crippen molar-refractivity contribution in [1.82, 2.24) is 9.47 Å². The number of amides is 1. The van der Waals surface area contributed by atoms with E-state index in [1.165, 1.54) is 24.3 Å². The SMILES string of the molecule is O=C(c1ccc(F)cc1)N1C[C@@H]2C[C@H](C1)c1c(/C=C\c3ccc(Cl)cc3)ccc(=O)n1C2. The third kappa shape index (κ3) is 4.00. The maximum atomic E-state index is 13.3. The third-order valence-electron chi connectivity index (χ3n) is 6.33. The van der Waals surface area contributed by atoms with Crippen molar-refractivity contribution >= 4 is 29.7 Å². The van der Waals surface area contributed by atoms with Gasteiger partial charge in [-0.25, -0.2) is 4.39 Å². The van der Waals surface area contributed by atoms with Crippen LogP contribution in [0.1, 0.15) is 39.5 Å². The van der Waals surface area contributed by atoms with Gasteiger partial charge in [0.2, 0.25) is 0 Å². The Kier molecular flexibility index (Phi) is 5.43. The summed E-state index contributed by atoms with van der Waals surface area (Å²) in [7, 11) is 0. The second kappa shape index (κ2) is 8.40. The lowest BCUT2D eigenvalue weighted by Gasteiger charge is -2.43. The molecular weight excluding hydrogens is 427 g/mol. The van der Waals surface area contributed by atoms with Gasteiger partial charge in [0.25, 0.3) is 11.5 Å². The smallest absolute Gasteiger partial charge is 0.253 e. The number of hydrogen-bond donors (Lipinski definition) is 0. The van der Waals surface area contributed by atoms with E-state index in [4.69, 9.17) is 11.6 Å². The van der Waals surface area contributed by atoms with Gasteiger partial charge in [0.05, 0.1) is 0 Å². The first-order valence-corrected chi connectivity index (χ1v) is 11.1. The number of aromatic nitrogens is 1. The van der Waals surface area contributed by atoms with Crippen LogP contribution < -0.4 is 5.56 Å². The van der Waals surface area contributed by atoms with E-state index < -0.39 is 0 Å². The minimum absolute atomic E-state index is 0.00310. The minimum atomic E-state index is -0.359. The van der Waals surface area contributed by atoms with Gasteiger partial charge in [0.15, 0.2) is 0 Å². The molecule has 0 unspecified atom stereocenters. The number of halogens is 2. The van der Waals surface area contributed by atoms with Gasteiger partial charge in [0, 0.05) is 47.9 Å². The fourth-order valence-corrected chi connectivity index (χ4v) is 5.02. The molecule has 1 saturated heterocycles. The van der Waals surface area contributed by atoms with Gasteiger partial charge in [-0.15, -0.1) is 0 Å². The van der Waals surface area contributed by atoms with Crippen LogP contribution in [0.25, 0.3) is 12.2 Å². The van der Waals surface area contributed by atoms with Crippen molar-refractivity contribution in [1.29, 1.82) is 0 Å². The van der Waals surface area contributed by atoms with Crippen LogP contribution >= 0.6 is 11.6 Å². The van der Waals surface area contributed by atoms with Gasteiger partial charge in [-0.2, -0.15) is 0 Å². The Balaban J connectivity index is 1.46. The number of likely N-dealkylation sites (tertiary alicyclic amines) is 1. The highest BCUT2D eigenvalue weighted by atomic mass is 35.5. The average molecular weight is 449 g/mol. The van der Waals surface area contributed by atoms with Crippen molar-refractivity contribution in [2.75, 3.05) is 13.1 Å². The zero-order valence-corrected chi connectivity index (χ0v) is 18.1. The fraction of sp³-hybridized carbons (Fsp3) is 0.231. The van der Waals surface area contributed by atoms with Crippen LogP contribution in [-0.2, 0) is 6.54 Å². The van der Waals surface area contributed by atoms with Gasteiger partial charge < -0.3 is 9.47 Å². The molecule has 2 bridgehead atoms. The number of fused-ring (bicyclic) bond motifs is 4. The predicted molar refractivity (Wildman–Crippen MR) is 124 cm³/mol. The van der Waals surface area contributed by atoms with Crippen molar-refractivity contribution in [2.24, 2.45) is 5.92 Å². The molecule has 0 radical (unpaired) electrons. The second-order valence-corrected chi connectivity index (χ2v) is 8.96. The Labute approximate surface area is 190 Å². The van der Waals surface area contributed by atoms with Gasteiger partial charge in [0.1, 0.15) is 5.82 Å². The maximum Gasteiger partial charge on any atom is 0.253 e. The van der Waals surface area contributed by atoms with E-state index in [-0.39, 0.29) is 29.1 Å². The summed E-state index contributed by atoms with van der Waals surface area (Å²) in [6, 6.07) is 16.7. The normalized spacial score (nSPS) is 19.8. The molecule has 4 nitrogen and oxygen atoms in total. The van der Waals surface area contributed by atoms with E-state index in [9.17, 15) is 14.0 Å². The van der Waals surface area contributed by atoms with Crippen molar-refractivity contribution in [3.8, 4) is 0 Å². The van der Waals surface area contributed by atoms with E-state index in [0.29, 0.717) is 30.2 Å². The van der Waals surface area contributed by atoms with Crippen LogP contribution in [0.2, 0.25) is 5.02 Å². The lowest BCUT2D eigenvalue weighted by molar-refractivity contribution is 0.0594.